The summed E-state index contributed by atoms with van der Waals surface area (Å²) in [5, 5.41) is 3.51. The Hall–Kier alpha value is -0.780. The van der Waals surface area contributed by atoms with Crippen molar-refractivity contribution in [3.63, 3.8) is 0 Å². The van der Waals surface area contributed by atoms with Crippen molar-refractivity contribution in [1.82, 2.24) is 10.2 Å². The first-order chi connectivity index (χ1) is 9.81. The van der Waals surface area contributed by atoms with Crippen molar-refractivity contribution in [1.29, 1.82) is 0 Å². The van der Waals surface area contributed by atoms with Crippen molar-refractivity contribution in [3.8, 4) is 0 Å². The molecule has 3 nitrogen and oxygen atoms in total. The number of nitrogens with one attached hydrogen (secondary N) is 1. The molecule has 1 saturated carbocycles. The Morgan fingerprint density at radius 2 is 1.90 bits per heavy atom. The van der Waals surface area contributed by atoms with Crippen molar-refractivity contribution >= 4 is 29.9 Å². The molecule has 1 aliphatic heterocycles. The van der Waals surface area contributed by atoms with Crippen LogP contribution in [0.3, 0.4) is 0 Å². The molecular weight excluding hydrogens is 373 g/mol. The highest BCUT2D eigenvalue weighted by molar-refractivity contribution is 14.0. The van der Waals surface area contributed by atoms with Crippen molar-refractivity contribution < 1.29 is 0 Å². The minimum absolute atomic E-state index is 0. The number of likely N-dealkylation sites (tertiary alicyclic amines) is 1. The fraction of sp³-hybridized carbons (Fsp3) is 0.588. The van der Waals surface area contributed by atoms with E-state index in [9.17, 15) is 0 Å². The van der Waals surface area contributed by atoms with Crippen LogP contribution in [0.2, 0.25) is 0 Å². The number of benzene rings is 1. The van der Waals surface area contributed by atoms with Gasteiger partial charge in [0.05, 0.1) is 0 Å². The summed E-state index contributed by atoms with van der Waals surface area (Å²) in [5.41, 5.74) is 1.91. The van der Waals surface area contributed by atoms with Crippen molar-refractivity contribution in [2.45, 2.75) is 38.6 Å². The second kappa shape index (κ2) is 7.47. The lowest BCUT2D eigenvalue weighted by Gasteiger charge is -2.26. The molecule has 0 radical (unpaired) electrons. The van der Waals surface area contributed by atoms with Gasteiger partial charge in [-0.05, 0) is 30.2 Å². The summed E-state index contributed by atoms with van der Waals surface area (Å²) in [5.74, 6) is 1.07. The molecule has 0 atom stereocenters. The van der Waals surface area contributed by atoms with E-state index in [2.05, 4.69) is 45.5 Å². The third kappa shape index (κ3) is 3.90. The van der Waals surface area contributed by atoms with E-state index < -0.39 is 0 Å². The number of guanidine groups is 1. The summed E-state index contributed by atoms with van der Waals surface area (Å²) in [6.45, 7) is 3.22. The summed E-state index contributed by atoms with van der Waals surface area (Å²) in [6, 6.07) is 10.5. The number of nitrogens with zero attached hydrogens (tertiary/aromatic N) is 2. The zero-order chi connectivity index (χ0) is 13.8. The molecule has 1 N–H and O–H groups in total. The third-order valence-electron chi connectivity index (χ3n) is 4.91. The van der Waals surface area contributed by atoms with Crippen LogP contribution in [0.25, 0.3) is 0 Å². The first-order valence-electron chi connectivity index (χ1n) is 7.81. The Kier molecular flexibility index (Phi) is 5.90. The summed E-state index contributed by atoms with van der Waals surface area (Å²) in [6.07, 6.45) is 7.02. The van der Waals surface area contributed by atoms with Crippen molar-refractivity contribution in [2.75, 3.05) is 20.1 Å². The molecule has 1 aromatic rings. The Bertz CT molecular complexity index is 466. The molecule has 1 aliphatic carbocycles. The van der Waals surface area contributed by atoms with Crippen LogP contribution < -0.4 is 5.32 Å². The van der Waals surface area contributed by atoms with Gasteiger partial charge in [-0.2, -0.15) is 0 Å². The van der Waals surface area contributed by atoms with Crippen LogP contribution in [0.15, 0.2) is 35.3 Å². The van der Waals surface area contributed by atoms with Gasteiger partial charge in [0.25, 0.3) is 0 Å². The Labute approximate surface area is 145 Å². The molecule has 21 heavy (non-hydrogen) atoms. The molecule has 1 saturated heterocycles. The largest absolute Gasteiger partial charge is 0.352 e. The van der Waals surface area contributed by atoms with Gasteiger partial charge < -0.3 is 10.2 Å². The van der Waals surface area contributed by atoms with Gasteiger partial charge >= 0.3 is 0 Å². The molecule has 4 heteroatoms. The highest BCUT2D eigenvalue weighted by Gasteiger charge is 2.40. The summed E-state index contributed by atoms with van der Waals surface area (Å²) in [7, 11) is 1.90. The molecule has 0 bridgehead atoms. The van der Waals surface area contributed by atoms with E-state index in [1.807, 2.05) is 7.05 Å². The Morgan fingerprint density at radius 1 is 1.19 bits per heavy atom. The van der Waals surface area contributed by atoms with Gasteiger partial charge in [0, 0.05) is 26.7 Å². The second-order valence-electron chi connectivity index (χ2n) is 6.27. The minimum atomic E-state index is 0. The van der Waals surface area contributed by atoms with E-state index in [0.29, 0.717) is 5.41 Å². The van der Waals surface area contributed by atoms with Crippen LogP contribution in [-0.4, -0.2) is 31.0 Å². The quantitative estimate of drug-likeness (QED) is 0.467. The van der Waals surface area contributed by atoms with Crippen molar-refractivity contribution in [2.24, 2.45) is 10.4 Å². The molecule has 1 heterocycles. The maximum absolute atomic E-state index is 4.47. The lowest BCUT2D eigenvalue weighted by molar-refractivity contribution is 0.309. The van der Waals surface area contributed by atoms with Crippen LogP contribution in [0.5, 0.6) is 0 Å². The predicted molar refractivity (Wildman–Crippen MR) is 99.1 cm³/mol. The van der Waals surface area contributed by atoms with Crippen LogP contribution >= 0.6 is 24.0 Å². The maximum Gasteiger partial charge on any atom is 0.193 e. The van der Waals surface area contributed by atoms with E-state index in [4.69, 9.17) is 0 Å². The molecule has 2 fully saturated rings. The van der Waals surface area contributed by atoms with E-state index >= 15 is 0 Å². The van der Waals surface area contributed by atoms with Gasteiger partial charge in [-0.1, -0.05) is 43.2 Å². The highest BCUT2D eigenvalue weighted by Crippen LogP contribution is 2.45. The van der Waals surface area contributed by atoms with Crippen molar-refractivity contribution in [3.05, 3.63) is 35.9 Å². The zero-order valence-corrected chi connectivity index (χ0v) is 15.2. The normalized spacial score (nSPS) is 20.6. The monoisotopic (exact) mass is 399 g/mol. The van der Waals surface area contributed by atoms with Gasteiger partial charge in [0.15, 0.2) is 5.96 Å². The molecular formula is C17H26IN3. The SMILES string of the molecule is CN=C(NCc1ccccc1)N1CCC2(CCCC2)C1.I. The number of hydrogen-bond acceptors (Lipinski definition) is 1. The smallest absolute Gasteiger partial charge is 0.193 e. The van der Waals surface area contributed by atoms with Crippen LogP contribution in [0, 0.1) is 5.41 Å². The number of halogens is 1. The Balaban J connectivity index is 0.00000161. The standard InChI is InChI=1S/C17H25N3.HI/c1-18-16(19-13-15-7-3-2-4-8-15)20-12-11-17(14-20)9-5-6-10-17;/h2-4,7-8H,5-6,9-14H2,1H3,(H,18,19);1H. The topological polar surface area (TPSA) is 27.6 Å². The van der Waals surface area contributed by atoms with Crippen LogP contribution in [0.4, 0.5) is 0 Å². The van der Waals surface area contributed by atoms with Gasteiger partial charge in [-0.25, -0.2) is 0 Å². The molecule has 1 aromatic carbocycles. The van der Waals surface area contributed by atoms with Gasteiger partial charge in [0.1, 0.15) is 0 Å². The lowest BCUT2D eigenvalue weighted by Crippen LogP contribution is -2.40. The molecule has 0 aromatic heterocycles. The van der Waals surface area contributed by atoms with Crippen LogP contribution in [-0.2, 0) is 6.54 Å². The Morgan fingerprint density at radius 3 is 2.57 bits per heavy atom. The van der Waals surface area contributed by atoms with Gasteiger partial charge in [0.2, 0.25) is 0 Å². The predicted octanol–water partition coefficient (Wildman–Crippen LogP) is 3.65. The fourth-order valence-corrected chi connectivity index (χ4v) is 3.76. The van der Waals surface area contributed by atoms with E-state index in [-0.39, 0.29) is 24.0 Å². The number of rotatable bonds is 2. The average Bonchev–Trinajstić information content (AvgIpc) is 3.12. The molecule has 0 unspecified atom stereocenters. The maximum atomic E-state index is 4.47. The molecule has 0 amide bonds. The van der Waals surface area contributed by atoms with E-state index in [0.717, 1.165) is 19.0 Å². The van der Waals surface area contributed by atoms with E-state index in [1.54, 1.807) is 0 Å². The first-order valence-corrected chi connectivity index (χ1v) is 7.81. The summed E-state index contributed by atoms with van der Waals surface area (Å²) >= 11 is 0. The zero-order valence-electron chi connectivity index (χ0n) is 12.8. The summed E-state index contributed by atoms with van der Waals surface area (Å²) in [4.78, 5) is 6.92. The van der Waals surface area contributed by atoms with Gasteiger partial charge in [-0.3, -0.25) is 4.99 Å². The van der Waals surface area contributed by atoms with E-state index in [1.165, 1.54) is 44.2 Å². The molecule has 2 aliphatic rings. The second-order valence-corrected chi connectivity index (χ2v) is 6.27. The average molecular weight is 399 g/mol. The first kappa shape index (κ1) is 16.6. The number of hydrogen-bond donors (Lipinski definition) is 1. The highest BCUT2D eigenvalue weighted by atomic mass is 127. The number of aliphatic imine (C=N–C) groups is 1. The lowest BCUT2D eigenvalue weighted by atomic mass is 9.86. The fourth-order valence-electron chi connectivity index (χ4n) is 3.76. The minimum Gasteiger partial charge on any atom is -0.352 e. The third-order valence-corrected chi connectivity index (χ3v) is 4.91. The molecule has 3 rings (SSSR count). The van der Waals surface area contributed by atoms with Gasteiger partial charge in [-0.15, -0.1) is 24.0 Å². The molecule has 1 spiro atoms. The molecule has 116 valence electrons. The van der Waals surface area contributed by atoms with Crippen LogP contribution in [0.1, 0.15) is 37.7 Å². The summed E-state index contributed by atoms with van der Waals surface area (Å²) < 4.78 is 0.